The molecule has 126 valence electrons. The second kappa shape index (κ2) is 6.11. The normalized spacial score (nSPS) is 16.3. The van der Waals surface area contributed by atoms with Gasteiger partial charge >= 0.3 is 0 Å². The van der Waals surface area contributed by atoms with Crippen LogP contribution in [-0.2, 0) is 0 Å². The molecule has 1 heterocycles. The summed E-state index contributed by atoms with van der Waals surface area (Å²) in [7, 11) is 0. The van der Waals surface area contributed by atoms with Gasteiger partial charge in [-0.1, -0.05) is 67.8 Å². The van der Waals surface area contributed by atoms with E-state index in [2.05, 4.69) is 48.5 Å². The van der Waals surface area contributed by atoms with Gasteiger partial charge in [-0.15, -0.1) is 0 Å². The smallest absolute Gasteiger partial charge is 0.169 e. The Morgan fingerprint density at radius 3 is 1.52 bits per heavy atom. The van der Waals surface area contributed by atoms with Gasteiger partial charge in [-0.3, -0.25) is 0 Å². The van der Waals surface area contributed by atoms with Crippen molar-refractivity contribution < 1.29 is 9.47 Å². The highest BCUT2D eigenvalue weighted by Gasteiger charge is 2.20. The van der Waals surface area contributed by atoms with Crippen LogP contribution in [0.15, 0.2) is 48.5 Å². The molecule has 0 saturated heterocycles. The maximum Gasteiger partial charge on any atom is 0.169 e. The molecule has 2 heteroatoms. The van der Waals surface area contributed by atoms with Crippen molar-refractivity contribution in [3.8, 4) is 11.5 Å². The first-order valence-electron chi connectivity index (χ1n) is 9.38. The number of benzene rings is 4. The Morgan fingerprint density at radius 1 is 0.520 bits per heavy atom. The van der Waals surface area contributed by atoms with Gasteiger partial charge in [0.25, 0.3) is 0 Å². The average molecular weight is 330 g/mol. The van der Waals surface area contributed by atoms with Gasteiger partial charge in [0.05, 0.1) is 13.2 Å². The molecule has 0 spiro atoms. The molecule has 4 aromatic rings. The zero-order valence-corrected chi connectivity index (χ0v) is 14.4. The SMILES string of the molecule is c1cc2ccc3cccc4c5c(c(c1)c2c34)OCCCCCCCO5. The minimum atomic E-state index is 0.761. The maximum atomic E-state index is 6.31. The predicted octanol–water partition coefficient (Wildman–Crippen LogP) is 6.31. The van der Waals surface area contributed by atoms with Crippen molar-refractivity contribution in [2.75, 3.05) is 13.2 Å². The van der Waals surface area contributed by atoms with Gasteiger partial charge in [-0.2, -0.15) is 0 Å². The van der Waals surface area contributed by atoms with E-state index < -0.39 is 0 Å². The van der Waals surface area contributed by atoms with Crippen molar-refractivity contribution in [3.05, 3.63) is 48.5 Å². The summed E-state index contributed by atoms with van der Waals surface area (Å²) in [4.78, 5) is 0. The third kappa shape index (κ3) is 2.39. The summed E-state index contributed by atoms with van der Waals surface area (Å²) < 4.78 is 12.6. The zero-order valence-electron chi connectivity index (χ0n) is 14.4. The Balaban J connectivity index is 1.86. The van der Waals surface area contributed by atoms with E-state index in [4.69, 9.17) is 9.47 Å². The Labute approximate surface area is 147 Å². The molecule has 5 rings (SSSR count). The van der Waals surface area contributed by atoms with Crippen LogP contribution in [0.4, 0.5) is 0 Å². The van der Waals surface area contributed by atoms with Crippen LogP contribution in [-0.4, -0.2) is 13.2 Å². The summed E-state index contributed by atoms with van der Waals surface area (Å²) in [6.45, 7) is 1.52. The average Bonchev–Trinajstić information content (AvgIpc) is 2.71. The minimum absolute atomic E-state index is 0.761. The number of hydrogen-bond donors (Lipinski definition) is 0. The third-order valence-electron chi connectivity index (χ3n) is 5.36. The predicted molar refractivity (Wildman–Crippen MR) is 104 cm³/mol. The summed E-state index contributed by atoms with van der Waals surface area (Å²) in [5.41, 5.74) is 0. The highest BCUT2D eigenvalue weighted by molar-refractivity contribution is 6.26. The molecule has 25 heavy (non-hydrogen) atoms. The van der Waals surface area contributed by atoms with Crippen molar-refractivity contribution >= 4 is 32.3 Å². The first-order chi connectivity index (χ1) is 12.4. The van der Waals surface area contributed by atoms with Gasteiger partial charge in [0.1, 0.15) is 0 Å². The van der Waals surface area contributed by atoms with Gasteiger partial charge in [-0.25, -0.2) is 0 Å². The Kier molecular flexibility index (Phi) is 3.62. The molecule has 0 N–H and O–H groups in total. The second-order valence-electron chi connectivity index (χ2n) is 7.00. The Hall–Kier alpha value is -2.48. The van der Waals surface area contributed by atoms with E-state index >= 15 is 0 Å². The van der Waals surface area contributed by atoms with E-state index in [1.807, 2.05) is 0 Å². The molecule has 2 nitrogen and oxygen atoms in total. The number of hydrogen-bond acceptors (Lipinski definition) is 2. The standard InChI is InChI=1S/C23H22O2/c1-2-4-14-24-22-18-10-6-8-16-12-13-17-9-7-11-19(21(17)20(16)18)23(22)25-15-5-3-1/h6-13H,1-5,14-15H2. The molecule has 0 amide bonds. The lowest BCUT2D eigenvalue weighted by molar-refractivity contribution is 0.274. The largest absolute Gasteiger partial charge is 0.489 e. The summed E-state index contributed by atoms with van der Waals surface area (Å²) in [5, 5.41) is 7.48. The van der Waals surface area contributed by atoms with Crippen molar-refractivity contribution in [3.63, 3.8) is 0 Å². The summed E-state index contributed by atoms with van der Waals surface area (Å²) in [6, 6.07) is 17.4. The zero-order chi connectivity index (χ0) is 16.6. The Morgan fingerprint density at radius 2 is 1.00 bits per heavy atom. The molecule has 1 aliphatic heterocycles. The van der Waals surface area contributed by atoms with Gasteiger partial charge < -0.3 is 9.47 Å². The van der Waals surface area contributed by atoms with Crippen LogP contribution in [0.5, 0.6) is 11.5 Å². The molecule has 0 unspecified atom stereocenters. The van der Waals surface area contributed by atoms with E-state index in [0.717, 1.165) is 37.6 Å². The molecular weight excluding hydrogens is 308 g/mol. The topological polar surface area (TPSA) is 18.5 Å². The highest BCUT2D eigenvalue weighted by atomic mass is 16.5. The quantitative estimate of drug-likeness (QED) is 0.352. The van der Waals surface area contributed by atoms with Crippen LogP contribution in [0.3, 0.4) is 0 Å². The van der Waals surface area contributed by atoms with Crippen molar-refractivity contribution in [2.24, 2.45) is 0 Å². The fourth-order valence-corrected chi connectivity index (χ4v) is 4.15. The lowest BCUT2D eigenvalue weighted by Gasteiger charge is -2.20. The van der Waals surface area contributed by atoms with Crippen LogP contribution in [0.1, 0.15) is 32.1 Å². The van der Waals surface area contributed by atoms with E-state index in [-0.39, 0.29) is 0 Å². The second-order valence-corrected chi connectivity index (χ2v) is 7.00. The molecule has 4 aromatic carbocycles. The lowest BCUT2D eigenvalue weighted by Crippen LogP contribution is -2.03. The van der Waals surface area contributed by atoms with Crippen LogP contribution in [0, 0.1) is 0 Å². The van der Waals surface area contributed by atoms with Gasteiger partial charge in [0.2, 0.25) is 0 Å². The molecule has 1 aliphatic rings. The summed E-state index contributed by atoms with van der Waals surface area (Å²) >= 11 is 0. The summed E-state index contributed by atoms with van der Waals surface area (Å²) in [5.74, 6) is 1.86. The van der Waals surface area contributed by atoms with Crippen LogP contribution >= 0.6 is 0 Å². The first kappa shape index (κ1) is 14.8. The maximum absolute atomic E-state index is 6.31. The molecule has 0 atom stereocenters. The fraction of sp³-hybridized carbons (Fsp3) is 0.304. The monoisotopic (exact) mass is 330 g/mol. The molecule has 0 aliphatic carbocycles. The van der Waals surface area contributed by atoms with Crippen LogP contribution in [0.2, 0.25) is 0 Å². The Bertz CT molecular complexity index is 951. The molecule has 0 radical (unpaired) electrons. The van der Waals surface area contributed by atoms with Gasteiger partial charge in [0.15, 0.2) is 11.5 Å². The van der Waals surface area contributed by atoms with E-state index in [9.17, 15) is 0 Å². The van der Waals surface area contributed by atoms with Crippen molar-refractivity contribution in [2.45, 2.75) is 32.1 Å². The lowest BCUT2D eigenvalue weighted by atomic mass is 9.93. The molecule has 0 fully saturated rings. The van der Waals surface area contributed by atoms with E-state index in [1.165, 1.54) is 51.6 Å². The van der Waals surface area contributed by atoms with Gasteiger partial charge in [-0.05, 0) is 23.6 Å². The molecule has 0 saturated carbocycles. The fourth-order valence-electron chi connectivity index (χ4n) is 4.15. The number of rotatable bonds is 0. The van der Waals surface area contributed by atoms with Crippen molar-refractivity contribution in [1.29, 1.82) is 0 Å². The van der Waals surface area contributed by atoms with Crippen molar-refractivity contribution in [1.82, 2.24) is 0 Å². The van der Waals surface area contributed by atoms with E-state index in [0.29, 0.717) is 0 Å². The highest BCUT2D eigenvalue weighted by Crippen LogP contribution is 2.47. The summed E-state index contributed by atoms with van der Waals surface area (Å²) in [6.07, 6.45) is 5.96. The molecule has 0 bridgehead atoms. The molecule has 0 aromatic heterocycles. The third-order valence-corrected chi connectivity index (χ3v) is 5.36. The van der Waals surface area contributed by atoms with Gasteiger partial charge in [0, 0.05) is 21.5 Å². The van der Waals surface area contributed by atoms with E-state index in [1.54, 1.807) is 0 Å². The first-order valence-corrected chi connectivity index (χ1v) is 9.38. The molecular formula is C23H22O2. The number of fused-ring (bicyclic) bond motifs is 3. The number of ether oxygens (including phenoxy) is 2. The minimum Gasteiger partial charge on any atom is -0.489 e. The van der Waals surface area contributed by atoms with Crippen LogP contribution in [0.25, 0.3) is 32.3 Å². The van der Waals surface area contributed by atoms with Crippen LogP contribution < -0.4 is 9.47 Å².